The van der Waals surface area contributed by atoms with Crippen molar-refractivity contribution >= 4 is 11.9 Å². The highest BCUT2D eigenvalue weighted by atomic mass is 16.6. The average Bonchev–Trinajstić information content (AvgIpc) is 2.77. The Bertz CT molecular complexity index is 535. The van der Waals surface area contributed by atoms with Crippen molar-refractivity contribution in [3.63, 3.8) is 0 Å². The van der Waals surface area contributed by atoms with E-state index in [-0.39, 0.29) is 6.09 Å². The second-order valence-corrected chi connectivity index (χ2v) is 6.64. The van der Waals surface area contributed by atoms with Crippen LogP contribution in [0.2, 0.25) is 0 Å². The molecule has 1 aliphatic rings. The van der Waals surface area contributed by atoms with Crippen molar-refractivity contribution in [1.82, 2.24) is 10.3 Å². The zero-order valence-electron chi connectivity index (χ0n) is 13.5. The Hall–Kier alpha value is -1.78. The molecule has 1 atom stereocenters. The van der Waals surface area contributed by atoms with Crippen LogP contribution >= 0.6 is 0 Å². The summed E-state index contributed by atoms with van der Waals surface area (Å²) in [6.45, 7) is 8.28. The van der Waals surface area contributed by atoms with Gasteiger partial charge in [0.05, 0.1) is 0 Å². The molecule has 2 rings (SSSR count). The van der Waals surface area contributed by atoms with E-state index in [1.54, 1.807) is 0 Å². The largest absolute Gasteiger partial charge is 0.444 e. The predicted molar refractivity (Wildman–Crippen MR) is 83.7 cm³/mol. The molecular formula is C16H25N3O2. The van der Waals surface area contributed by atoms with Crippen molar-refractivity contribution in [2.24, 2.45) is 5.92 Å². The first-order valence-electron chi connectivity index (χ1n) is 7.42. The van der Waals surface area contributed by atoms with Crippen LogP contribution in [0.5, 0.6) is 0 Å². The Kier molecular flexibility index (Phi) is 4.40. The molecule has 0 radical (unpaired) electrons. The van der Waals surface area contributed by atoms with Crippen LogP contribution < -0.4 is 10.6 Å². The topological polar surface area (TPSA) is 63.2 Å². The molecular weight excluding hydrogens is 266 g/mol. The molecule has 0 aliphatic heterocycles. The van der Waals surface area contributed by atoms with Gasteiger partial charge in [-0.05, 0) is 63.6 Å². The molecule has 0 fully saturated rings. The van der Waals surface area contributed by atoms with Crippen LogP contribution in [0.25, 0.3) is 0 Å². The monoisotopic (exact) mass is 291 g/mol. The fourth-order valence-corrected chi connectivity index (χ4v) is 2.71. The second-order valence-electron chi connectivity index (χ2n) is 6.64. The van der Waals surface area contributed by atoms with Gasteiger partial charge < -0.3 is 15.4 Å². The quantitative estimate of drug-likeness (QED) is 0.898. The van der Waals surface area contributed by atoms with Gasteiger partial charge in [-0.2, -0.15) is 0 Å². The molecule has 0 aromatic carbocycles. The number of alkyl carbamates (subject to hydrolysis) is 1. The summed E-state index contributed by atoms with van der Waals surface area (Å²) < 4.78 is 5.26. The van der Waals surface area contributed by atoms with Crippen LogP contribution in [0.3, 0.4) is 0 Å². The molecule has 2 N–H and O–H groups in total. The lowest BCUT2D eigenvalue weighted by molar-refractivity contribution is 0.0520. The van der Waals surface area contributed by atoms with E-state index in [0.29, 0.717) is 12.5 Å². The molecule has 0 bridgehead atoms. The molecule has 116 valence electrons. The van der Waals surface area contributed by atoms with E-state index in [1.807, 2.05) is 34.7 Å². The van der Waals surface area contributed by atoms with Crippen molar-refractivity contribution in [2.45, 2.75) is 46.1 Å². The van der Waals surface area contributed by atoms with E-state index < -0.39 is 5.60 Å². The maximum atomic E-state index is 11.7. The summed E-state index contributed by atoms with van der Waals surface area (Å²) in [7, 11) is 1.88. The minimum absolute atomic E-state index is 0.343. The molecule has 5 nitrogen and oxygen atoms in total. The summed E-state index contributed by atoms with van der Waals surface area (Å²) in [6, 6.07) is 2.11. The average molecular weight is 291 g/mol. The Labute approximate surface area is 126 Å². The molecule has 1 amide bonds. The normalized spacial score (nSPS) is 17.3. The minimum atomic E-state index is -0.453. The lowest BCUT2D eigenvalue weighted by Gasteiger charge is -2.20. The number of aromatic nitrogens is 1. The van der Waals surface area contributed by atoms with E-state index >= 15 is 0 Å². The third-order valence-electron chi connectivity index (χ3n) is 3.61. The highest BCUT2D eigenvalue weighted by Crippen LogP contribution is 2.30. The molecule has 0 spiro atoms. The molecule has 1 unspecified atom stereocenters. The van der Waals surface area contributed by atoms with Crippen LogP contribution in [0.1, 0.15) is 37.6 Å². The first kappa shape index (κ1) is 15.6. The van der Waals surface area contributed by atoms with E-state index in [2.05, 4.69) is 21.7 Å². The molecule has 1 aliphatic carbocycles. The number of rotatable bonds is 3. The van der Waals surface area contributed by atoms with E-state index in [0.717, 1.165) is 24.4 Å². The molecule has 0 saturated carbocycles. The van der Waals surface area contributed by atoms with Gasteiger partial charge in [0.25, 0.3) is 0 Å². The molecule has 1 aromatic rings. The van der Waals surface area contributed by atoms with E-state index in [9.17, 15) is 4.79 Å². The van der Waals surface area contributed by atoms with Gasteiger partial charge in [0.2, 0.25) is 0 Å². The predicted octanol–water partition coefficient (Wildman–Crippen LogP) is 2.67. The Morgan fingerprint density at radius 1 is 1.43 bits per heavy atom. The lowest BCUT2D eigenvalue weighted by atomic mass is 10.1. The highest BCUT2D eigenvalue weighted by molar-refractivity contribution is 5.67. The number of fused-ring (bicyclic) bond motifs is 1. The SMILES string of the molecule is CNc1cc2c(c(C)n1)CC(CNC(=O)OC(C)(C)C)C2. The summed E-state index contributed by atoms with van der Waals surface area (Å²) in [5.41, 5.74) is 3.29. The van der Waals surface area contributed by atoms with E-state index in [4.69, 9.17) is 4.74 Å². The van der Waals surface area contributed by atoms with Crippen molar-refractivity contribution in [3.05, 3.63) is 22.9 Å². The zero-order valence-corrected chi connectivity index (χ0v) is 13.5. The van der Waals surface area contributed by atoms with Crippen LogP contribution in [0, 0.1) is 12.8 Å². The number of nitrogens with one attached hydrogen (secondary N) is 2. The first-order chi connectivity index (χ1) is 9.78. The number of nitrogens with zero attached hydrogens (tertiary/aromatic N) is 1. The number of carbonyl (C=O) groups is 1. The standard InChI is InChI=1S/C16H25N3O2/c1-10-13-7-11(6-12(13)8-14(17-5)19-10)9-18-15(20)21-16(2,3)4/h8,11H,6-7,9H2,1-5H3,(H,17,19)(H,18,20). The third-order valence-corrected chi connectivity index (χ3v) is 3.61. The summed E-state index contributed by atoms with van der Waals surface area (Å²) >= 11 is 0. The summed E-state index contributed by atoms with van der Waals surface area (Å²) in [4.78, 5) is 16.2. The molecule has 1 heterocycles. The fraction of sp³-hybridized carbons (Fsp3) is 0.625. The number of hydrogen-bond acceptors (Lipinski definition) is 4. The van der Waals surface area contributed by atoms with Crippen LogP contribution in [-0.4, -0.2) is 30.3 Å². The number of ether oxygens (including phenoxy) is 1. The summed E-state index contributed by atoms with van der Waals surface area (Å²) in [5.74, 6) is 1.33. The fourth-order valence-electron chi connectivity index (χ4n) is 2.71. The summed E-state index contributed by atoms with van der Waals surface area (Å²) in [5, 5.41) is 5.95. The third kappa shape index (κ3) is 4.09. The molecule has 21 heavy (non-hydrogen) atoms. The van der Waals surface area contributed by atoms with Crippen LogP contribution in [0.4, 0.5) is 10.6 Å². The van der Waals surface area contributed by atoms with Gasteiger partial charge in [-0.3, -0.25) is 0 Å². The molecule has 1 aromatic heterocycles. The van der Waals surface area contributed by atoms with Crippen molar-refractivity contribution in [3.8, 4) is 0 Å². The number of carbonyl (C=O) groups excluding carboxylic acids is 1. The zero-order chi connectivity index (χ0) is 15.6. The van der Waals surface area contributed by atoms with Gasteiger partial charge in [0.15, 0.2) is 0 Å². The smallest absolute Gasteiger partial charge is 0.407 e. The van der Waals surface area contributed by atoms with Gasteiger partial charge in [-0.1, -0.05) is 0 Å². The van der Waals surface area contributed by atoms with Crippen molar-refractivity contribution in [2.75, 3.05) is 18.9 Å². The number of anilines is 1. The number of pyridine rings is 1. The van der Waals surface area contributed by atoms with Crippen LogP contribution in [0.15, 0.2) is 6.07 Å². The van der Waals surface area contributed by atoms with Gasteiger partial charge in [0, 0.05) is 19.3 Å². The number of aryl methyl sites for hydroxylation is 1. The van der Waals surface area contributed by atoms with Gasteiger partial charge in [-0.15, -0.1) is 0 Å². The Morgan fingerprint density at radius 3 is 2.76 bits per heavy atom. The van der Waals surface area contributed by atoms with Gasteiger partial charge in [-0.25, -0.2) is 9.78 Å². The Morgan fingerprint density at radius 2 is 2.14 bits per heavy atom. The number of hydrogen-bond donors (Lipinski definition) is 2. The minimum Gasteiger partial charge on any atom is -0.444 e. The molecule has 5 heteroatoms. The lowest BCUT2D eigenvalue weighted by Crippen LogP contribution is -2.35. The maximum Gasteiger partial charge on any atom is 0.407 e. The first-order valence-corrected chi connectivity index (χ1v) is 7.42. The Balaban J connectivity index is 1.92. The summed E-state index contributed by atoms with van der Waals surface area (Å²) in [6.07, 6.45) is 1.60. The van der Waals surface area contributed by atoms with Gasteiger partial charge >= 0.3 is 6.09 Å². The maximum absolute atomic E-state index is 11.7. The van der Waals surface area contributed by atoms with Crippen molar-refractivity contribution < 1.29 is 9.53 Å². The van der Waals surface area contributed by atoms with E-state index in [1.165, 1.54) is 11.1 Å². The number of amides is 1. The molecule has 0 saturated heterocycles. The van der Waals surface area contributed by atoms with Gasteiger partial charge in [0.1, 0.15) is 11.4 Å². The van der Waals surface area contributed by atoms with Crippen molar-refractivity contribution in [1.29, 1.82) is 0 Å². The van der Waals surface area contributed by atoms with Crippen LogP contribution in [-0.2, 0) is 17.6 Å². The second kappa shape index (κ2) is 5.92. The highest BCUT2D eigenvalue weighted by Gasteiger charge is 2.25.